The molecule has 0 bridgehead atoms. The summed E-state index contributed by atoms with van der Waals surface area (Å²) in [6.45, 7) is 0.237. The van der Waals surface area contributed by atoms with E-state index in [9.17, 15) is 18.3 Å². The van der Waals surface area contributed by atoms with Crippen LogP contribution in [-0.2, 0) is 20.2 Å². The minimum atomic E-state index is -3.68. The molecule has 0 spiro atoms. The molecule has 38 heavy (non-hydrogen) atoms. The number of amides is 1. The number of pyridine rings is 1. The second-order valence-electron chi connectivity index (χ2n) is 10.1. The number of aliphatic hydroxyl groups is 1. The van der Waals surface area contributed by atoms with Crippen LogP contribution in [-0.4, -0.2) is 47.9 Å². The van der Waals surface area contributed by atoms with E-state index in [2.05, 4.69) is 34.6 Å². The number of nitrogens with one attached hydrogen (secondary N) is 1. The van der Waals surface area contributed by atoms with E-state index in [1.165, 1.54) is 4.31 Å². The zero-order chi connectivity index (χ0) is 26.3. The number of carbonyl (C=O) groups is 1. The third-order valence-corrected chi connectivity index (χ3v) is 9.73. The first-order valence-electron chi connectivity index (χ1n) is 12.9. The summed E-state index contributed by atoms with van der Waals surface area (Å²) in [5, 5.41) is 14.8. The molecule has 1 aliphatic heterocycles. The maximum atomic E-state index is 13.4. The van der Waals surface area contributed by atoms with Crippen LogP contribution < -0.4 is 5.32 Å². The number of sulfonamides is 1. The number of aliphatic hydroxyl groups excluding tert-OH is 1. The molecule has 1 atom stereocenters. The molecule has 8 heteroatoms. The zero-order valence-electron chi connectivity index (χ0n) is 20.9. The number of aromatic nitrogens is 1. The summed E-state index contributed by atoms with van der Waals surface area (Å²) in [6.07, 6.45) is 2.99. The number of carbonyl (C=O) groups excluding carboxylic acids is 1. The van der Waals surface area contributed by atoms with E-state index < -0.39 is 15.4 Å². The fourth-order valence-electron chi connectivity index (χ4n) is 5.40. The Morgan fingerprint density at radius 3 is 2.47 bits per heavy atom. The number of anilines is 1. The van der Waals surface area contributed by atoms with E-state index >= 15 is 0 Å². The quantitative estimate of drug-likeness (QED) is 0.362. The van der Waals surface area contributed by atoms with E-state index in [0.717, 1.165) is 41.2 Å². The second kappa shape index (κ2) is 9.62. The number of hydrogen-bond acceptors (Lipinski definition) is 5. The summed E-state index contributed by atoms with van der Waals surface area (Å²) in [5.41, 5.74) is 1.86. The minimum Gasteiger partial charge on any atom is -0.395 e. The van der Waals surface area contributed by atoms with Gasteiger partial charge < -0.3 is 10.4 Å². The molecule has 1 saturated carbocycles. The van der Waals surface area contributed by atoms with Crippen LogP contribution in [0.1, 0.15) is 31.2 Å². The SMILES string of the molecule is O=C(Nc1cccc(-c2ccc(S(=O)(=O)N3CCC[C@H]3CO)cc2)n1)C1(c2ccc3ccccc3c2)CC1. The van der Waals surface area contributed by atoms with Gasteiger partial charge in [-0.2, -0.15) is 4.31 Å². The average Bonchev–Trinajstić information content (AvgIpc) is 3.62. The lowest BCUT2D eigenvalue weighted by Crippen LogP contribution is -2.37. The summed E-state index contributed by atoms with van der Waals surface area (Å²) in [5.74, 6) is 0.391. The standard InChI is InChI=1S/C30H29N3O4S/c34-20-25-7-4-18-33(25)38(36,37)26-14-11-22(12-15-26)27-8-3-9-28(31-27)32-29(35)30(16-17-30)24-13-10-21-5-1-2-6-23(21)19-24/h1-3,5-6,8-15,19,25,34H,4,7,16-18,20H2,(H,31,32,35)/t25-/m0/s1. The number of hydrogen-bond donors (Lipinski definition) is 2. The molecule has 2 N–H and O–H groups in total. The van der Waals surface area contributed by atoms with Gasteiger partial charge in [-0.15, -0.1) is 0 Å². The normalized spacial score (nSPS) is 18.9. The lowest BCUT2D eigenvalue weighted by Gasteiger charge is -2.22. The molecule has 1 aliphatic carbocycles. The molecule has 1 aromatic heterocycles. The Hall–Kier alpha value is -3.59. The number of rotatable bonds is 7. The second-order valence-corrected chi connectivity index (χ2v) is 12.0. The summed E-state index contributed by atoms with van der Waals surface area (Å²) in [7, 11) is -3.68. The summed E-state index contributed by atoms with van der Waals surface area (Å²) in [6, 6.07) is 26.0. The smallest absolute Gasteiger partial charge is 0.243 e. The van der Waals surface area contributed by atoms with Crippen molar-refractivity contribution in [2.75, 3.05) is 18.5 Å². The third kappa shape index (κ3) is 4.38. The van der Waals surface area contributed by atoms with Gasteiger partial charge in [0.2, 0.25) is 15.9 Å². The monoisotopic (exact) mass is 527 g/mol. The Balaban J connectivity index is 1.20. The third-order valence-electron chi connectivity index (χ3n) is 7.77. The highest BCUT2D eigenvalue weighted by Crippen LogP contribution is 2.49. The van der Waals surface area contributed by atoms with Gasteiger partial charge in [0.25, 0.3) is 0 Å². The topological polar surface area (TPSA) is 99.6 Å². The van der Waals surface area contributed by atoms with Crippen molar-refractivity contribution in [3.05, 3.63) is 90.5 Å². The van der Waals surface area contributed by atoms with E-state index in [1.54, 1.807) is 30.3 Å². The molecular formula is C30H29N3O4S. The molecule has 194 valence electrons. The van der Waals surface area contributed by atoms with Gasteiger partial charge in [0.15, 0.2) is 0 Å². The number of fused-ring (bicyclic) bond motifs is 1. The van der Waals surface area contributed by atoms with E-state index in [1.807, 2.05) is 30.3 Å². The van der Waals surface area contributed by atoms with Crippen molar-refractivity contribution < 1.29 is 18.3 Å². The Morgan fingerprint density at radius 1 is 0.974 bits per heavy atom. The maximum Gasteiger partial charge on any atom is 0.243 e. The first-order valence-corrected chi connectivity index (χ1v) is 14.4. The Morgan fingerprint density at radius 2 is 1.74 bits per heavy atom. The molecule has 7 nitrogen and oxygen atoms in total. The van der Waals surface area contributed by atoms with Crippen molar-refractivity contribution in [3.8, 4) is 11.3 Å². The van der Waals surface area contributed by atoms with E-state index in [4.69, 9.17) is 0 Å². The lowest BCUT2D eigenvalue weighted by atomic mass is 9.92. The van der Waals surface area contributed by atoms with Crippen molar-refractivity contribution in [2.45, 2.75) is 42.0 Å². The molecule has 6 rings (SSSR count). The molecule has 0 radical (unpaired) electrons. The maximum absolute atomic E-state index is 13.4. The zero-order valence-corrected chi connectivity index (χ0v) is 21.7. The molecule has 1 saturated heterocycles. The van der Waals surface area contributed by atoms with Gasteiger partial charge in [0, 0.05) is 18.2 Å². The van der Waals surface area contributed by atoms with Gasteiger partial charge in [-0.25, -0.2) is 13.4 Å². The summed E-state index contributed by atoms with van der Waals surface area (Å²) >= 11 is 0. The van der Waals surface area contributed by atoms with E-state index in [0.29, 0.717) is 24.5 Å². The van der Waals surface area contributed by atoms with Crippen LogP contribution in [0.15, 0.2) is 89.8 Å². The lowest BCUT2D eigenvalue weighted by molar-refractivity contribution is -0.118. The molecule has 3 aromatic carbocycles. The van der Waals surface area contributed by atoms with Crippen LogP contribution in [0.2, 0.25) is 0 Å². The first-order chi connectivity index (χ1) is 18.4. The highest BCUT2D eigenvalue weighted by molar-refractivity contribution is 7.89. The van der Waals surface area contributed by atoms with Crippen molar-refractivity contribution in [1.29, 1.82) is 0 Å². The van der Waals surface area contributed by atoms with Crippen molar-refractivity contribution >= 4 is 32.5 Å². The average molecular weight is 528 g/mol. The van der Waals surface area contributed by atoms with Gasteiger partial charge in [-0.05, 0) is 66.3 Å². The highest BCUT2D eigenvalue weighted by atomic mass is 32.2. The predicted molar refractivity (Wildman–Crippen MR) is 147 cm³/mol. The molecule has 1 amide bonds. The van der Waals surface area contributed by atoms with Gasteiger partial charge in [0.1, 0.15) is 5.82 Å². The van der Waals surface area contributed by atoms with Crippen molar-refractivity contribution in [2.24, 2.45) is 0 Å². The van der Waals surface area contributed by atoms with Crippen LogP contribution in [0.4, 0.5) is 5.82 Å². The van der Waals surface area contributed by atoms with Gasteiger partial charge >= 0.3 is 0 Å². The Bertz CT molecular complexity index is 1610. The Kier molecular flexibility index (Phi) is 6.26. The fourth-order valence-corrected chi connectivity index (χ4v) is 7.09. The molecule has 2 heterocycles. The van der Waals surface area contributed by atoms with Crippen LogP contribution in [0.5, 0.6) is 0 Å². The minimum absolute atomic E-state index is 0.0667. The number of nitrogens with zero attached hydrogens (tertiary/aromatic N) is 2. The van der Waals surface area contributed by atoms with Gasteiger partial charge in [-0.3, -0.25) is 4.79 Å². The summed E-state index contributed by atoms with van der Waals surface area (Å²) < 4.78 is 27.5. The van der Waals surface area contributed by atoms with Crippen molar-refractivity contribution in [1.82, 2.24) is 9.29 Å². The molecule has 0 unspecified atom stereocenters. The molecule has 2 fully saturated rings. The molecule has 4 aromatic rings. The van der Waals surface area contributed by atoms with Crippen molar-refractivity contribution in [3.63, 3.8) is 0 Å². The summed E-state index contributed by atoms with van der Waals surface area (Å²) in [4.78, 5) is 18.2. The van der Waals surface area contributed by atoms with Crippen LogP contribution in [0.25, 0.3) is 22.0 Å². The van der Waals surface area contributed by atoms with Crippen LogP contribution in [0.3, 0.4) is 0 Å². The fraction of sp³-hybridized carbons (Fsp3) is 0.267. The largest absolute Gasteiger partial charge is 0.395 e. The highest BCUT2D eigenvalue weighted by Gasteiger charge is 2.51. The predicted octanol–water partition coefficient (Wildman–Crippen LogP) is 4.72. The number of benzene rings is 3. The molecular weight excluding hydrogens is 498 g/mol. The van der Waals surface area contributed by atoms with Gasteiger partial charge in [-0.1, -0.05) is 60.7 Å². The molecule has 2 aliphatic rings. The van der Waals surface area contributed by atoms with E-state index in [-0.39, 0.29) is 23.5 Å². The van der Waals surface area contributed by atoms with Crippen LogP contribution in [0, 0.1) is 0 Å². The van der Waals surface area contributed by atoms with Gasteiger partial charge in [0.05, 0.1) is 22.6 Å². The Labute approximate surface area is 222 Å². The van der Waals surface area contributed by atoms with Crippen LogP contribution >= 0.6 is 0 Å². The first kappa shape index (κ1) is 24.7.